The zero-order chi connectivity index (χ0) is 41.5. The molecule has 6 amide bonds. The summed E-state index contributed by atoms with van der Waals surface area (Å²) in [7, 11) is 0. The molecule has 1 aromatic rings. The fourth-order valence-electron chi connectivity index (χ4n) is 4.78. The fraction of sp³-hybridized carbons (Fsp3) is 0.515. The van der Waals surface area contributed by atoms with Crippen LogP contribution in [-0.4, -0.2) is 122 Å². The Hall–Kier alpha value is -5.93. The smallest absolute Gasteiger partial charge is 0.327 e. The van der Waals surface area contributed by atoms with Gasteiger partial charge in [0.05, 0.1) is 31.2 Å². The van der Waals surface area contributed by atoms with E-state index in [1.807, 2.05) is 0 Å². The molecule has 21 nitrogen and oxygen atoms in total. The number of aliphatic carboxylic acids is 5. The number of carbonyl (C=O) groups excluding carboxylic acids is 5. The van der Waals surface area contributed by atoms with E-state index < -0.39 is 103 Å². The molecule has 0 aliphatic heterocycles. The van der Waals surface area contributed by atoms with Gasteiger partial charge in [-0.2, -0.15) is 12.6 Å². The lowest BCUT2D eigenvalue weighted by molar-refractivity contribution is -0.145. The summed E-state index contributed by atoms with van der Waals surface area (Å²) in [5.74, 6) is -11.3. The van der Waals surface area contributed by atoms with Crippen LogP contribution in [0.3, 0.4) is 0 Å². The second-order valence-electron chi connectivity index (χ2n) is 12.2. The van der Waals surface area contributed by atoms with Crippen molar-refractivity contribution in [2.45, 2.75) is 82.5 Å². The molecule has 1 aromatic carbocycles. The second kappa shape index (κ2) is 25.2. The average molecular weight is 799 g/mol. The van der Waals surface area contributed by atoms with Crippen LogP contribution in [0.1, 0.15) is 62.5 Å². The number of rotatable bonds is 27. The molecule has 0 fully saturated rings. The fourth-order valence-corrected chi connectivity index (χ4v) is 5.03. The number of carboxylic acids is 5. The molecule has 22 heteroatoms. The van der Waals surface area contributed by atoms with Crippen LogP contribution < -0.4 is 31.9 Å². The largest absolute Gasteiger partial charge is 0.481 e. The Bertz CT molecular complexity index is 1540. The van der Waals surface area contributed by atoms with Crippen molar-refractivity contribution in [3.63, 3.8) is 0 Å². The molecule has 0 radical (unpaired) electrons. The van der Waals surface area contributed by atoms with Crippen LogP contribution in [0.15, 0.2) is 24.3 Å². The lowest BCUT2D eigenvalue weighted by Crippen LogP contribution is -2.47. The van der Waals surface area contributed by atoms with Crippen LogP contribution in [-0.2, 0) is 51.3 Å². The molecule has 1 rings (SSSR count). The molecule has 304 valence electrons. The summed E-state index contributed by atoms with van der Waals surface area (Å²) in [6.45, 7) is 0.356. The highest BCUT2D eigenvalue weighted by Gasteiger charge is 2.32. The molecule has 0 saturated carbocycles. The van der Waals surface area contributed by atoms with Gasteiger partial charge in [0.2, 0.25) is 11.8 Å². The van der Waals surface area contributed by atoms with Crippen molar-refractivity contribution >= 4 is 72.1 Å². The molecule has 4 atom stereocenters. The summed E-state index contributed by atoms with van der Waals surface area (Å²) in [6, 6.07) is 0.787. The minimum Gasteiger partial charge on any atom is -0.481 e. The van der Waals surface area contributed by atoms with Gasteiger partial charge < -0.3 is 57.4 Å². The van der Waals surface area contributed by atoms with Gasteiger partial charge in [-0.05, 0) is 36.8 Å². The van der Waals surface area contributed by atoms with Crippen LogP contribution in [0.4, 0.5) is 9.59 Å². The zero-order valence-corrected chi connectivity index (χ0v) is 30.5. The van der Waals surface area contributed by atoms with Crippen molar-refractivity contribution in [1.29, 1.82) is 0 Å². The number of amides is 6. The Labute approximate surface area is 319 Å². The molecule has 0 spiro atoms. The lowest BCUT2D eigenvalue weighted by atomic mass is 9.93. The number of thiol groups is 1. The van der Waals surface area contributed by atoms with E-state index in [9.17, 15) is 63.3 Å². The van der Waals surface area contributed by atoms with E-state index in [0.29, 0.717) is 24.0 Å². The van der Waals surface area contributed by atoms with E-state index in [1.165, 1.54) is 0 Å². The number of Topliss-reactive ketones (excluding diaryl/α,β-unsaturated/α-hetero) is 1. The lowest BCUT2D eigenvalue weighted by Gasteiger charge is -2.21. The van der Waals surface area contributed by atoms with E-state index in [1.54, 1.807) is 24.3 Å². The second-order valence-corrected chi connectivity index (χ2v) is 12.5. The molecule has 0 saturated heterocycles. The molecule has 0 aliphatic carbocycles. The van der Waals surface area contributed by atoms with Crippen molar-refractivity contribution < 1.29 is 73.5 Å². The standard InChI is InChI=1S/C33H46N6O15S/c40-24(13-20(14-27(44)45)29(48)38-23(17-55)31(51)52)22(15-28(46)47)37-25(41)12-18-6-8-19(9-7-18)16-36-32(53)34-10-2-1-4-21(30(49)50)39-33(54)35-11-3-5-26(42)43/h6-9,20-23,55H,1-5,10-17H2,(H,37,41)(H,38,48)(H,42,43)(H,44,45)(H,46,47)(H,49,50)(H,51,52)(H2,34,36,53)(H2,35,39,54)/t20-,21-,22-,23+/m0/s1. The molecule has 55 heavy (non-hydrogen) atoms. The predicted molar refractivity (Wildman–Crippen MR) is 192 cm³/mol. The van der Waals surface area contributed by atoms with Crippen LogP contribution in [0.2, 0.25) is 0 Å². The Morgan fingerprint density at radius 1 is 0.582 bits per heavy atom. The maximum Gasteiger partial charge on any atom is 0.327 e. The number of carboxylic acid groups (broad SMARTS) is 5. The predicted octanol–water partition coefficient (Wildman–Crippen LogP) is -0.675. The summed E-state index contributed by atoms with van der Waals surface area (Å²) in [4.78, 5) is 118. The van der Waals surface area contributed by atoms with Crippen LogP contribution in [0.25, 0.3) is 0 Å². The number of benzene rings is 1. The van der Waals surface area contributed by atoms with E-state index in [4.69, 9.17) is 10.2 Å². The third kappa shape index (κ3) is 20.8. The highest BCUT2D eigenvalue weighted by atomic mass is 32.1. The highest BCUT2D eigenvalue weighted by Crippen LogP contribution is 2.14. The summed E-state index contributed by atoms with van der Waals surface area (Å²) < 4.78 is 0. The first kappa shape index (κ1) is 47.1. The van der Waals surface area contributed by atoms with Gasteiger partial charge in [-0.25, -0.2) is 19.2 Å². The number of unbranched alkanes of at least 4 members (excludes halogenated alkanes) is 1. The van der Waals surface area contributed by atoms with Crippen LogP contribution in [0, 0.1) is 5.92 Å². The highest BCUT2D eigenvalue weighted by molar-refractivity contribution is 7.80. The molecular formula is C33H46N6O15S. The van der Waals surface area contributed by atoms with Gasteiger partial charge >= 0.3 is 41.9 Å². The first-order valence-corrected chi connectivity index (χ1v) is 17.5. The Balaban J connectivity index is 2.59. The van der Waals surface area contributed by atoms with E-state index in [-0.39, 0.29) is 51.1 Å². The van der Waals surface area contributed by atoms with Crippen LogP contribution >= 0.6 is 12.6 Å². The molecular weight excluding hydrogens is 752 g/mol. The third-order valence-corrected chi connectivity index (χ3v) is 8.01. The number of ketones is 1. The minimum atomic E-state index is -1.62. The van der Waals surface area contributed by atoms with Crippen molar-refractivity contribution in [1.82, 2.24) is 31.9 Å². The average Bonchev–Trinajstić information content (AvgIpc) is 3.10. The summed E-state index contributed by atoms with van der Waals surface area (Å²) in [5, 5.41) is 59.9. The Morgan fingerprint density at radius 2 is 1.16 bits per heavy atom. The summed E-state index contributed by atoms with van der Waals surface area (Å²) >= 11 is 3.81. The summed E-state index contributed by atoms with van der Waals surface area (Å²) in [6.07, 6.45) is -1.96. The number of carbonyl (C=O) groups is 10. The summed E-state index contributed by atoms with van der Waals surface area (Å²) in [5.41, 5.74) is 1.09. The van der Waals surface area contributed by atoms with Crippen LogP contribution in [0.5, 0.6) is 0 Å². The molecule has 0 aliphatic rings. The van der Waals surface area contributed by atoms with Gasteiger partial charge in [-0.3, -0.25) is 28.8 Å². The quantitative estimate of drug-likeness (QED) is 0.0388. The van der Waals surface area contributed by atoms with Gasteiger partial charge in [-0.1, -0.05) is 24.3 Å². The maximum atomic E-state index is 13.0. The Kier molecular flexibility index (Phi) is 21.5. The van der Waals surface area contributed by atoms with Gasteiger partial charge in [0.1, 0.15) is 12.1 Å². The maximum absolute atomic E-state index is 13.0. The number of nitrogens with one attached hydrogen (secondary N) is 6. The monoisotopic (exact) mass is 798 g/mol. The SMILES string of the molecule is O=C(O)CCCNC(=O)N[C@@H](CCCCNC(=O)NCc1ccc(CC(=O)N[C@@H](CC(=O)O)C(=O)C[C@@H](CC(=O)O)C(=O)N[C@H](CS)C(=O)O)cc1)C(=O)O. The van der Waals surface area contributed by atoms with Crippen molar-refractivity contribution in [3.05, 3.63) is 35.4 Å². The Morgan fingerprint density at radius 3 is 1.73 bits per heavy atom. The van der Waals surface area contributed by atoms with Crippen molar-refractivity contribution in [3.8, 4) is 0 Å². The van der Waals surface area contributed by atoms with E-state index in [0.717, 1.165) is 0 Å². The number of urea groups is 2. The van der Waals surface area contributed by atoms with Gasteiger partial charge in [0, 0.05) is 38.2 Å². The first-order chi connectivity index (χ1) is 25.9. The number of hydrogen-bond acceptors (Lipinski definition) is 11. The van der Waals surface area contributed by atoms with Gasteiger partial charge in [0.15, 0.2) is 5.78 Å². The molecule has 0 aromatic heterocycles. The topological polar surface area (TPSA) is 344 Å². The minimum absolute atomic E-state index is 0.0642. The molecule has 0 unspecified atom stereocenters. The van der Waals surface area contributed by atoms with Crippen molar-refractivity contribution in [2.24, 2.45) is 5.92 Å². The first-order valence-electron chi connectivity index (χ1n) is 16.9. The third-order valence-electron chi connectivity index (χ3n) is 7.64. The molecule has 0 heterocycles. The normalized spacial score (nSPS) is 12.7. The van der Waals surface area contributed by atoms with Gasteiger partial charge in [0.25, 0.3) is 0 Å². The van der Waals surface area contributed by atoms with E-state index >= 15 is 0 Å². The van der Waals surface area contributed by atoms with E-state index in [2.05, 4.69) is 44.5 Å². The molecule has 0 bridgehead atoms. The van der Waals surface area contributed by atoms with Gasteiger partial charge in [-0.15, -0.1) is 0 Å². The molecule has 11 N–H and O–H groups in total. The zero-order valence-electron chi connectivity index (χ0n) is 29.6. The number of hydrogen-bond donors (Lipinski definition) is 12. The van der Waals surface area contributed by atoms with Crippen molar-refractivity contribution in [2.75, 3.05) is 18.8 Å².